The van der Waals surface area contributed by atoms with Crippen LogP contribution in [0.15, 0.2) is 0 Å². The van der Waals surface area contributed by atoms with Gasteiger partial charge in [-0.1, -0.05) is 13.8 Å². The predicted molar refractivity (Wildman–Crippen MR) is 57.8 cm³/mol. The van der Waals surface area contributed by atoms with Gasteiger partial charge in [-0.2, -0.15) is 0 Å². The Hall–Kier alpha value is -0.570. The molecular formula is C11H22N2O. The van der Waals surface area contributed by atoms with E-state index in [1.807, 2.05) is 6.92 Å². The fourth-order valence-electron chi connectivity index (χ4n) is 1.61. The molecular weight excluding hydrogens is 176 g/mol. The molecule has 82 valence electrons. The molecule has 0 aromatic carbocycles. The average molecular weight is 198 g/mol. The second-order valence-electron chi connectivity index (χ2n) is 5.21. The summed E-state index contributed by atoms with van der Waals surface area (Å²) in [7, 11) is 0. The minimum absolute atomic E-state index is 0.123. The number of carbonyl (C=O) groups excluding carboxylic acids is 1. The lowest BCUT2D eigenvalue weighted by Gasteiger charge is -2.07. The first kappa shape index (κ1) is 11.5. The second kappa shape index (κ2) is 4.30. The van der Waals surface area contributed by atoms with Gasteiger partial charge in [-0.3, -0.25) is 4.79 Å². The third-order valence-corrected chi connectivity index (χ3v) is 3.09. The van der Waals surface area contributed by atoms with Crippen molar-refractivity contribution >= 4 is 5.91 Å². The minimum atomic E-state index is 0.123. The van der Waals surface area contributed by atoms with Gasteiger partial charge in [-0.15, -0.1) is 0 Å². The van der Waals surface area contributed by atoms with E-state index in [4.69, 9.17) is 5.73 Å². The standard InChI is InChI=1S/C11H22N2O/c1-8(12)4-5-10(14)13-7-9-6-11(9,2)3/h8-9H,4-7,12H2,1-3H3,(H,13,14). The molecule has 1 saturated carbocycles. The third kappa shape index (κ3) is 3.66. The molecule has 3 nitrogen and oxygen atoms in total. The molecule has 3 N–H and O–H groups in total. The number of rotatable bonds is 5. The molecule has 14 heavy (non-hydrogen) atoms. The van der Waals surface area contributed by atoms with Crippen LogP contribution >= 0.6 is 0 Å². The highest BCUT2D eigenvalue weighted by Gasteiger charge is 2.45. The molecule has 0 aliphatic heterocycles. The Labute approximate surface area is 86.4 Å². The summed E-state index contributed by atoms with van der Waals surface area (Å²) in [5.41, 5.74) is 6.02. The van der Waals surface area contributed by atoms with Crippen LogP contribution in [0.4, 0.5) is 0 Å². The van der Waals surface area contributed by atoms with Gasteiger partial charge in [-0.05, 0) is 31.1 Å². The molecule has 1 aliphatic rings. The molecule has 1 aliphatic carbocycles. The Kier molecular flexibility index (Phi) is 3.53. The number of amides is 1. The largest absolute Gasteiger partial charge is 0.356 e. The molecule has 1 amide bonds. The number of hydrogen-bond acceptors (Lipinski definition) is 2. The zero-order valence-electron chi connectivity index (χ0n) is 9.47. The Balaban J connectivity index is 2.05. The fourth-order valence-corrected chi connectivity index (χ4v) is 1.61. The van der Waals surface area contributed by atoms with E-state index in [9.17, 15) is 4.79 Å². The van der Waals surface area contributed by atoms with Crippen molar-refractivity contribution < 1.29 is 4.79 Å². The lowest BCUT2D eigenvalue weighted by Crippen LogP contribution is -2.28. The van der Waals surface area contributed by atoms with Gasteiger partial charge in [0.2, 0.25) is 5.91 Å². The SMILES string of the molecule is CC(N)CCC(=O)NCC1CC1(C)C. The highest BCUT2D eigenvalue weighted by Crippen LogP contribution is 2.50. The lowest BCUT2D eigenvalue weighted by atomic mass is 10.1. The van der Waals surface area contributed by atoms with Crippen molar-refractivity contribution in [2.75, 3.05) is 6.54 Å². The number of nitrogens with one attached hydrogen (secondary N) is 1. The highest BCUT2D eigenvalue weighted by molar-refractivity contribution is 5.75. The first-order valence-corrected chi connectivity index (χ1v) is 5.44. The summed E-state index contributed by atoms with van der Waals surface area (Å²) >= 11 is 0. The Morgan fingerprint density at radius 3 is 2.64 bits per heavy atom. The van der Waals surface area contributed by atoms with Gasteiger partial charge in [0.05, 0.1) is 0 Å². The first-order chi connectivity index (χ1) is 6.42. The minimum Gasteiger partial charge on any atom is -0.356 e. The van der Waals surface area contributed by atoms with E-state index < -0.39 is 0 Å². The predicted octanol–water partition coefficient (Wildman–Crippen LogP) is 1.28. The molecule has 2 unspecified atom stereocenters. The van der Waals surface area contributed by atoms with Gasteiger partial charge >= 0.3 is 0 Å². The van der Waals surface area contributed by atoms with Crippen LogP contribution < -0.4 is 11.1 Å². The maximum absolute atomic E-state index is 11.3. The van der Waals surface area contributed by atoms with Crippen molar-refractivity contribution in [3.8, 4) is 0 Å². The first-order valence-electron chi connectivity index (χ1n) is 5.44. The van der Waals surface area contributed by atoms with Gasteiger partial charge in [0, 0.05) is 19.0 Å². The summed E-state index contributed by atoms with van der Waals surface area (Å²) < 4.78 is 0. The zero-order valence-corrected chi connectivity index (χ0v) is 9.47. The average Bonchev–Trinajstić information content (AvgIpc) is 2.67. The molecule has 0 aromatic heterocycles. The van der Waals surface area contributed by atoms with Gasteiger partial charge in [-0.25, -0.2) is 0 Å². The van der Waals surface area contributed by atoms with E-state index in [0.717, 1.165) is 13.0 Å². The second-order valence-corrected chi connectivity index (χ2v) is 5.21. The van der Waals surface area contributed by atoms with Crippen molar-refractivity contribution in [2.24, 2.45) is 17.1 Å². The molecule has 1 fully saturated rings. The van der Waals surface area contributed by atoms with E-state index in [1.54, 1.807) is 0 Å². The van der Waals surface area contributed by atoms with Crippen LogP contribution in [0.25, 0.3) is 0 Å². The van der Waals surface area contributed by atoms with Gasteiger partial charge in [0.15, 0.2) is 0 Å². The summed E-state index contributed by atoms with van der Waals surface area (Å²) in [6.45, 7) is 7.25. The fraction of sp³-hybridized carbons (Fsp3) is 0.909. The molecule has 1 rings (SSSR count). The van der Waals surface area contributed by atoms with Crippen LogP contribution in [0.5, 0.6) is 0 Å². The number of hydrogen-bond donors (Lipinski definition) is 2. The molecule has 0 bridgehead atoms. The summed E-state index contributed by atoms with van der Waals surface area (Å²) in [5, 5.41) is 2.96. The maximum atomic E-state index is 11.3. The normalized spacial score (nSPS) is 25.6. The topological polar surface area (TPSA) is 55.1 Å². The Morgan fingerprint density at radius 1 is 1.64 bits per heavy atom. The van der Waals surface area contributed by atoms with Crippen LogP contribution in [-0.2, 0) is 4.79 Å². The van der Waals surface area contributed by atoms with Crippen LogP contribution in [0.1, 0.15) is 40.0 Å². The van der Waals surface area contributed by atoms with E-state index in [-0.39, 0.29) is 11.9 Å². The molecule has 0 saturated heterocycles. The highest BCUT2D eigenvalue weighted by atomic mass is 16.1. The maximum Gasteiger partial charge on any atom is 0.220 e. The van der Waals surface area contributed by atoms with Crippen LogP contribution in [0.3, 0.4) is 0 Å². The quantitative estimate of drug-likeness (QED) is 0.699. The lowest BCUT2D eigenvalue weighted by molar-refractivity contribution is -0.121. The van der Waals surface area contributed by atoms with Gasteiger partial charge in [0.1, 0.15) is 0 Å². The Morgan fingerprint density at radius 2 is 2.21 bits per heavy atom. The van der Waals surface area contributed by atoms with Crippen molar-refractivity contribution in [1.82, 2.24) is 5.32 Å². The molecule has 0 aromatic rings. The van der Waals surface area contributed by atoms with Crippen LogP contribution in [-0.4, -0.2) is 18.5 Å². The number of carbonyl (C=O) groups is 1. The van der Waals surface area contributed by atoms with Crippen molar-refractivity contribution in [3.05, 3.63) is 0 Å². The summed E-state index contributed by atoms with van der Waals surface area (Å²) in [6, 6.07) is 0.123. The summed E-state index contributed by atoms with van der Waals surface area (Å²) in [5.74, 6) is 0.826. The van der Waals surface area contributed by atoms with E-state index in [0.29, 0.717) is 17.8 Å². The summed E-state index contributed by atoms with van der Waals surface area (Å²) in [4.78, 5) is 11.3. The number of nitrogens with two attached hydrogens (primary N) is 1. The smallest absolute Gasteiger partial charge is 0.220 e. The van der Waals surface area contributed by atoms with E-state index >= 15 is 0 Å². The monoisotopic (exact) mass is 198 g/mol. The van der Waals surface area contributed by atoms with Gasteiger partial charge < -0.3 is 11.1 Å². The molecule has 2 atom stereocenters. The van der Waals surface area contributed by atoms with Crippen molar-refractivity contribution in [3.63, 3.8) is 0 Å². The molecule has 3 heteroatoms. The molecule has 0 spiro atoms. The van der Waals surface area contributed by atoms with Crippen LogP contribution in [0.2, 0.25) is 0 Å². The summed E-state index contributed by atoms with van der Waals surface area (Å²) in [6.07, 6.45) is 2.57. The molecule has 0 heterocycles. The van der Waals surface area contributed by atoms with Crippen LogP contribution in [0, 0.1) is 11.3 Å². The van der Waals surface area contributed by atoms with Gasteiger partial charge in [0.25, 0.3) is 0 Å². The van der Waals surface area contributed by atoms with E-state index in [1.165, 1.54) is 6.42 Å². The van der Waals surface area contributed by atoms with Crippen molar-refractivity contribution in [1.29, 1.82) is 0 Å². The third-order valence-electron chi connectivity index (χ3n) is 3.09. The van der Waals surface area contributed by atoms with E-state index in [2.05, 4.69) is 19.2 Å². The zero-order chi connectivity index (χ0) is 10.8. The molecule has 0 radical (unpaired) electrons. The van der Waals surface area contributed by atoms with Crippen molar-refractivity contribution in [2.45, 2.75) is 46.1 Å². The Bertz CT molecular complexity index is 211.